The molecule has 20 heavy (non-hydrogen) atoms. The molecule has 0 unspecified atom stereocenters. The Morgan fingerprint density at radius 2 is 1.90 bits per heavy atom. The molecule has 0 saturated heterocycles. The zero-order valence-corrected chi connectivity index (χ0v) is 11.0. The number of esters is 1. The number of benzene rings is 2. The first-order valence-electron chi connectivity index (χ1n) is 6.09. The molecule has 0 atom stereocenters. The predicted molar refractivity (Wildman–Crippen MR) is 73.9 cm³/mol. The molecule has 0 aliphatic heterocycles. The molecule has 0 radical (unpaired) electrons. The summed E-state index contributed by atoms with van der Waals surface area (Å²) in [4.78, 5) is 22.8. The Morgan fingerprint density at radius 3 is 2.55 bits per heavy atom. The fourth-order valence-electron chi connectivity index (χ4n) is 1.76. The highest BCUT2D eigenvalue weighted by Crippen LogP contribution is 2.20. The van der Waals surface area contributed by atoms with Crippen molar-refractivity contribution in [2.75, 3.05) is 7.11 Å². The molecule has 0 aliphatic carbocycles. The van der Waals surface area contributed by atoms with Crippen LogP contribution >= 0.6 is 0 Å². The molecule has 0 aromatic heterocycles. The standard InChI is InChI=1S/C16H14O4/c1-19-15-8-7-13(10-17)9-14(15)16(18)20-11-12-5-3-2-4-6-12/h2-10H,11H2,1H3. The summed E-state index contributed by atoms with van der Waals surface area (Å²) >= 11 is 0. The van der Waals surface area contributed by atoms with Gasteiger partial charge in [0.15, 0.2) is 0 Å². The number of ether oxygens (including phenoxy) is 2. The lowest BCUT2D eigenvalue weighted by molar-refractivity contribution is 0.0469. The van der Waals surface area contributed by atoms with Gasteiger partial charge >= 0.3 is 5.97 Å². The van der Waals surface area contributed by atoms with Gasteiger partial charge in [0.25, 0.3) is 0 Å². The lowest BCUT2D eigenvalue weighted by Crippen LogP contribution is -2.07. The molecule has 0 N–H and O–H groups in total. The summed E-state index contributed by atoms with van der Waals surface area (Å²) in [6, 6.07) is 14.0. The first-order chi connectivity index (χ1) is 9.74. The van der Waals surface area contributed by atoms with Gasteiger partial charge < -0.3 is 9.47 Å². The van der Waals surface area contributed by atoms with Crippen molar-refractivity contribution in [2.45, 2.75) is 6.61 Å². The minimum absolute atomic E-state index is 0.175. The summed E-state index contributed by atoms with van der Waals surface area (Å²) in [6.07, 6.45) is 0.674. The van der Waals surface area contributed by atoms with Gasteiger partial charge in [-0.15, -0.1) is 0 Å². The van der Waals surface area contributed by atoms with E-state index in [9.17, 15) is 9.59 Å². The molecule has 2 aromatic carbocycles. The Bertz CT molecular complexity index is 605. The van der Waals surface area contributed by atoms with E-state index < -0.39 is 5.97 Å². The van der Waals surface area contributed by atoms with Crippen LogP contribution in [0.4, 0.5) is 0 Å². The molecule has 0 amide bonds. The molecule has 0 spiro atoms. The number of aldehydes is 1. The van der Waals surface area contributed by atoms with Gasteiger partial charge in [-0.25, -0.2) is 4.79 Å². The minimum Gasteiger partial charge on any atom is -0.496 e. The van der Waals surface area contributed by atoms with Crippen LogP contribution in [0.1, 0.15) is 26.3 Å². The van der Waals surface area contributed by atoms with Crippen molar-refractivity contribution < 1.29 is 19.1 Å². The van der Waals surface area contributed by atoms with Gasteiger partial charge in [0.05, 0.1) is 7.11 Å². The highest BCUT2D eigenvalue weighted by Gasteiger charge is 2.14. The van der Waals surface area contributed by atoms with E-state index in [-0.39, 0.29) is 12.2 Å². The summed E-state index contributed by atoms with van der Waals surface area (Å²) in [6.45, 7) is 0.175. The topological polar surface area (TPSA) is 52.6 Å². The molecular formula is C16H14O4. The molecule has 2 aromatic rings. The summed E-state index contributed by atoms with van der Waals surface area (Å²) in [5.74, 6) is -0.136. The molecule has 4 nitrogen and oxygen atoms in total. The number of hydrogen-bond donors (Lipinski definition) is 0. The van der Waals surface area contributed by atoms with E-state index in [1.165, 1.54) is 13.2 Å². The zero-order valence-electron chi connectivity index (χ0n) is 11.0. The van der Waals surface area contributed by atoms with Gasteiger partial charge in [0, 0.05) is 5.56 Å². The predicted octanol–water partition coefficient (Wildman–Crippen LogP) is 2.86. The molecule has 2 rings (SSSR count). The van der Waals surface area contributed by atoms with Crippen molar-refractivity contribution in [2.24, 2.45) is 0 Å². The maximum atomic E-state index is 12.0. The van der Waals surface area contributed by atoms with Crippen LogP contribution in [0.3, 0.4) is 0 Å². The molecule has 0 bridgehead atoms. The van der Waals surface area contributed by atoms with E-state index in [1.54, 1.807) is 12.1 Å². The Morgan fingerprint density at radius 1 is 1.15 bits per heavy atom. The smallest absolute Gasteiger partial charge is 0.342 e. The van der Waals surface area contributed by atoms with Crippen LogP contribution in [-0.4, -0.2) is 19.4 Å². The quantitative estimate of drug-likeness (QED) is 0.619. The summed E-state index contributed by atoms with van der Waals surface area (Å²) < 4.78 is 10.3. The maximum absolute atomic E-state index is 12.0. The fourth-order valence-corrected chi connectivity index (χ4v) is 1.76. The second-order valence-electron chi connectivity index (χ2n) is 4.14. The average Bonchev–Trinajstić information content (AvgIpc) is 2.52. The van der Waals surface area contributed by atoms with E-state index in [4.69, 9.17) is 9.47 Å². The highest BCUT2D eigenvalue weighted by molar-refractivity contribution is 5.94. The zero-order chi connectivity index (χ0) is 14.4. The molecule has 0 heterocycles. The van der Waals surface area contributed by atoms with E-state index in [2.05, 4.69) is 0 Å². The van der Waals surface area contributed by atoms with E-state index in [0.717, 1.165) is 5.56 Å². The van der Waals surface area contributed by atoms with Crippen molar-refractivity contribution in [3.8, 4) is 5.75 Å². The van der Waals surface area contributed by atoms with E-state index in [1.807, 2.05) is 30.3 Å². The van der Waals surface area contributed by atoms with Crippen molar-refractivity contribution in [1.82, 2.24) is 0 Å². The Labute approximate surface area is 116 Å². The van der Waals surface area contributed by atoms with Crippen molar-refractivity contribution in [3.63, 3.8) is 0 Å². The van der Waals surface area contributed by atoms with Crippen LogP contribution in [0.5, 0.6) is 5.75 Å². The molecule has 0 fully saturated rings. The normalized spacial score (nSPS) is 9.85. The number of carbonyl (C=O) groups is 2. The summed E-state index contributed by atoms with van der Waals surface area (Å²) in [5, 5.41) is 0. The van der Waals surface area contributed by atoms with Crippen LogP contribution in [0.25, 0.3) is 0 Å². The van der Waals surface area contributed by atoms with Gasteiger partial charge in [-0.1, -0.05) is 30.3 Å². The first kappa shape index (κ1) is 13.8. The van der Waals surface area contributed by atoms with Gasteiger partial charge in [-0.3, -0.25) is 4.79 Å². The number of methoxy groups -OCH3 is 1. The van der Waals surface area contributed by atoms with Gasteiger partial charge in [0.2, 0.25) is 0 Å². The highest BCUT2D eigenvalue weighted by atomic mass is 16.5. The SMILES string of the molecule is COc1ccc(C=O)cc1C(=O)OCc1ccccc1. The van der Waals surface area contributed by atoms with Crippen LogP contribution in [0.15, 0.2) is 48.5 Å². The largest absolute Gasteiger partial charge is 0.496 e. The number of rotatable bonds is 5. The first-order valence-corrected chi connectivity index (χ1v) is 6.09. The molecule has 102 valence electrons. The Hall–Kier alpha value is -2.62. The third-order valence-electron chi connectivity index (χ3n) is 2.79. The van der Waals surface area contributed by atoms with Crippen LogP contribution < -0.4 is 4.74 Å². The van der Waals surface area contributed by atoms with Crippen LogP contribution in [-0.2, 0) is 11.3 Å². The molecule has 0 saturated carbocycles. The molecule has 4 heteroatoms. The second kappa shape index (κ2) is 6.52. The van der Waals surface area contributed by atoms with Gasteiger partial charge in [-0.05, 0) is 23.8 Å². The van der Waals surface area contributed by atoms with E-state index >= 15 is 0 Å². The Balaban J connectivity index is 2.14. The van der Waals surface area contributed by atoms with Crippen molar-refractivity contribution in [3.05, 3.63) is 65.2 Å². The van der Waals surface area contributed by atoms with Crippen molar-refractivity contribution >= 4 is 12.3 Å². The lowest BCUT2D eigenvalue weighted by Gasteiger charge is -2.09. The summed E-state index contributed by atoms with van der Waals surface area (Å²) in [7, 11) is 1.46. The van der Waals surface area contributed by atoms with Gasteiger partial charge in [0.1, 0.15) is 24.2 Å². The van der Waals surface area contributed by atoms with E-state index in [0.29, 0.717) is 17.6 Å². The third kappa shape index (κ3) is 3.23. The van der Waals surface area contributed by atoms with Gasteiger partial charge in [-0.2, -0.15) is 0 Å². The minimum atomic E-state index is -0.519. The van der Waals surface area contributed by atoms with Crippen LogP contribution in [0, 0.1) is 0 Å². The number of carbonyl (C=O) groups excluding carboxylic acids is 2. The van der Waals surface area contributed by atoms with Crippen LogP contribution in [0.2, 0.25) is 0 Å². The fraction of sp³-hybridized carbons (Fsp3) is 0.125. The monoisotopic (exact) mass is 270 g/mol. The average molecular weight is 270 g/mol. The van der Waals surface area contributed by atoms with Crippen molar-refractivity contribution in [1.29, 1.82) is 0 Å². The molecular weight excluding hydrogens is 256 g/mol. The maximum Gasteiger partial charge on any atom is 0.342 e. The Kier molecular flexibility index (Phi) is 4.50. The lowest BCUT2D eigenvalue weighted by atomic mass is 10.1. The summed E-state index contributed by atoms with van der Waals surface area (Å²) in [5.41, 5.74) is 1.54. The third-order valence-corrected chi connectivity index (χ3v) is 2.79. The molecule has 0 aliphatic rings. The number of hydrogen-bond acceptors (Lipinski definition) is 4. The second-order valence-corrected chi connectivity index (χ2v) is 4.14.